The van der Waals surface area contributed by atoms with E-state index in [1.54, 1.807) is 36.4 Å². The zero-order chi connectivity index (χ0) is 27.0. The number of nitrogens with zero attached hydrogens (tertiary/aromatic N) is 2. The first-order chi connectivity index (χ1) is 17.3. The van der Waals surface area contributed by atoms with Gasteiger partial charge in [0.05, 0.1) is 10.6 Å². The smallest absolute Gasteiger partial charge is 0.323 e. The summed E-state index contributed by atoms with van der Waals surface area (Å²) in [7, 11) is -5.58. The molecule has 0 bridgehead atoms. The zero-order valence-corrected chi connectivity index (χ0v) is 19.9. The van der Waals surface area contributed by atoms with Gasteiger partial charge in [0.25, 0.3) is 21.7 Å². The van der Waals surface area contributed by atoms with Crippen LogP contribution in [0.3, 0.4) is 0 Å². The number of nitrogens with one attached hydrogen (secondary N) is 2. The van der Waals surface area contributed by atoms with Crippen LogP contribution in [-0.2, 0) is 21.1 Å². The van der Waals surface area contributed by atoms with Gasteiger partial charge >= 0.3 is 11.5 Å². The van der Waals surface area contributed by atoms with E-state index in [9.17, 15) is 36.0 Å². The molecule has 3 aromatic rings. The van der Waals surface area contributed by atoms with Crippen LogP contribution in [0.15, 0.2) is 77.8 Å². The van der Waals surface area contributed by atoms with E-state index in [1.807, 2.05) is 0 Å². The van der Waals surface area contributed by atoms with Crippen LogP contribution in [0.1, 0.15) is 23.0 Å². The molecule has 1 unspecified atom stereocenters. The Labute approximate surface area is 209 Å². The lowest BCUT2D eigenvalue weighted by atomic mass is 9.93. The summed E-state index contributed by atoms with van der Waals surface area (Å²) >= 11 is 0. The number of carbonyl (C=O) groups excluding carboxylic acids is 3. The molecule has 0 aliphatic carbocycles. The summed E-state index contributed by atoms with van der Waals surface area (Å²) in [6.45, 7) is 1.46. The topological polar surface area (TPSA) is 126 Å². The molecule has 2 N–H and O–H groups in total. The Morgan fingerprint density at radius 1 is 1.05 bits per heavy atom. The largest absolute Gasteiger partial charge is 0.501 e. The number of hydrogen-bond donors (Lipinski definition) is 2. The molecule has 1 atom stereocenters. The third-order valence-corrected chi connectivity index (χ3v) is 7.12. The van der Waals surface area contributed by atoms with E-state index < -0.39 is 43.6 Å². The number of amides is 4. The maximum absolute atomic E-state index is 13.2. The summed E-state index contributed by atoms with van der Waals surface area (Å²) in [5.74, 6) is -1.19. The van der Waals surface area contributed by atoms with Crippen LogP contribution >= 0.6 is 0 Å². The molecule has 9 nitrogen and oxygen atoms in total. The van der Waals surface area contributed by atoms with Crippen LogP contribution in [0.2, 0.25) is 0 Å². The highest BCUT2D eigenvalue weighted by molar-refractivity contribution is 7.92. The molecule has 1 saturated heterocycles. The second-order valence-electron chi connectivity index (χ2n) is 8.39. The summed E-state index contributed by atoms with van der Waals surface area (Å²) in [5.41, 5.74) is -5.89. The first-order valence-corrected chi connectivity index (χ1v) is 12.2. The third kappa shape index (κ3) is 5.03. The van der Waals surface area contributed by atoms with Gasteiger partial charge in [-0.25, -0.2) is 18.1 Å². The maximum Gasteiger partial charge on any atom is 0.501 e. The number of halogens is 3. The lowest BCUT2D eigenvalue weighted by Crippen LogP contribution is -2.46. The van der Waals surface area contributed by atoms with Crippen LogP contribution in [0.5, 0.6) is 0 Å². The number of para-hydroxylation sites is 1. The molecular formula is C24H19F3N4O5S. The van der Waals surface area contributed by atoms with Gasteiger partial charge in [0.1, 0.15) is 11.2 Å². The van der Waals surface area contributed by atoms with Gasteiger partial charge in [-0.3, -0.25) is 14.6 Å². The molecule has 37 heavy (non-hydrogen) atoms. The van der Waals surface area contributed by atoms with E-state index in [1.165, 1.54) is 19.2 Å². The van der Waals surface area contributed by atoms with E-state index in [0.717, 1.165) is 12.1 Å². The van der Waals surface area contributed by atoms with Gasteiger partial charge in [-0.1, -0.05) is 18.2 Å². The summed E-state index contributed by atoms with van der Waals surface area (Å²) in [6, 6.07) is 14.2. The minimum absolute atomic E-state index is 0.0251. The molecule has 4 rings (SSSR count). The molecular weight excluding hydrogens is 513 g/mol. The SMILES string of the molecule is CC1(Cc2ccnc(C(=O)Nc3ccccc3)c2)NC(=O)N(c2ccc(S(=O)(=O)C(F)(F)F)cc2)C1=O. The fraction of sp³-hybridized carbons (Fsp3) is 0.167. The van der Waals surface area contributed by atoms with Crippen LogP contribution in [0, 0.1) is 0 Å². The number of alkyl halides is 3. The van der Waals surface area contributed by atoms with Crippen molar-refractivity contribution < 1.29 is 36.0 Å². The van der Waals surface area contributed by atoms with Crippen molar-refractivity contribution in [1.29, 1.82) is 0 Å². The Morgan fingerprint density at radius 2 is 1.70 bits per heavy atom. The Balaban J connectivity index is 1.53. The Bertz CT molecular complexity index is 1480. The van der Waals surface area contributed by atoms with Crippen molar-refractivity contribution in [1.82, 2.24) is 10.3 Å². The van der Waals surface area contributed by atoms with Crippen molar-refractivity contribution in [2.24, 2.45) is 0 Å². The van der Waals surface area contributed by atoms with E-state index >= 15 is 0 Å². The lowest BCUT2D eigenvalue weighted by Gasteiger charge is -2.22. The van der Waals surface area contributed by atoms with Crippen LogP contribution in [0.25, 0.3) is 0 Å². The number of anilines is 2. The average molecular weight is 533 g/mol. The summed E-state index contributed by atoms with van der Waals surface area (Å²) in [4.78, 5) is 42.1. The minimum Gasteiger partial charge on any atom is -0.323 e. The predicted molar refractivity (Wildman–Crippen MR) is 126 cm³/mol. The number of sulfone groups is 1. The Hall–Kier alpha value is -4.26. The maximum atomic E-state index is 13.2. The number of urea groups is 1. The number of pyridine rings is 1. The summed E-state index contributed by atoms with van der Waals surface area (Å²) < 4.78 is 61.5. The van der Waals surface area contributed by atoms with Gasteiger partial charge in [0, 0.05) is 18.3 Å². The van der Waals surface area contributed by atoms with Gasteiger partial charge < -0.3 is 10.6 Å². The van der Waals surface area contributed by atoms with Gasteiger partial charge in [0.15, 0.2) is 0 Å². The van der Waals surface area contributed by atoms with Gasteiger partial charge in [-0.05, 0) is 61.0 Å². The van der Waals surface area contributed by atoms with Crippen molar-refractivity contribution in [2.45, 2.75) is 29.3 Å². The standard InChI is InChI=1S/C24H19F3N4O5S/c1-23(14-15-11-12-28-19(13-15)20(32)29-16-5-3-2-4-6-16)21(33)31(22(34)30-23)17-7-9-18(10-8-17)37(35,36)24(25,26)27/h2-13H,14H2,1H3,(H,29,32)(H,30,34). The number of aromatic nitrogens is 1. The first-order valence-electron chi connectivity index (χ1n) is 10.7. The highest BCUT2D eigenvalue weighted by Crippen LogP contribution is 2.33. The van der Waals surface area contributed by atoms with Gasteiger partial charge in [-0.15, -0.1) is 0 Å². The van der Waals surface area contributed by atoms with E-state index in [0.29, 0.717) is 28.3 Å². The highest BCUT2D eigenvalue weighted by atomic mass is 32.2. The van der Waals surface area contributed by atoms with E-state index in [2.05, 4.69) is 15.6 Å². The van der Waals surface area contributed by atoms with Crippen LogP contribution in [-0.4, -0.2) is 42.3 Å². The fourth-order valence-corrected chi connectivity index (χ4v) is 4.54. The molecule has 1 fully saturated rings. The first kappa shape index (κ1) is 25.8. The second-order valence-corrected chi connectivity index (χ2v) is 10.3. The van der Waals surface area contributed by atoms with E-state index in [-0.39, 0.29) is 17.8 Å². The number of hydrogen-bond acceptors (Lipinski definition) is 6. The third-order valence-electron chi connectivity index (χ3n) is 5.62. The number of carbonyl (C=O) groups is 3. The molecule has 192 valence electrons. The highest BCUT2D eigenvalue weighted by Gasteiger charge is 2.49. The molecule has 2 aromatic carbocycles. The number of benzene rings is 2. The predicted octanol–water partition coefficient (Wildman–Crippen LogP) is 3.69. The molecule has 0 spiro atoms. The molecule has 4 amide bonds. The zero-order valence-electron chi connectivity index (χ0n) is 19.1. The Kier molecular flexibility index (Phi) is 6.50. The molecule has 0 radical (unpaired) electrons. The molecule has 0 saturated carbocycles. The summed E-state index contributed by atoms with van der Waals surface area (Å²) in [5, 5.41) is 5.25. The lowest BCUT2D eigenvalue weighted by molar-refractivity contribution is -0.121. The van der Waals surface area contributed by atoms with Gasteiger partial charge in [-0.2, -0.15) is 13.2 Å². The van der Waals surface area contributed by atoms with Crippen molar-refractivity contribution in [2.75, 3.05) is 10.2 Å². The average Bonchev–Trinajstić information content (AvgIpc) is 3.06. The molecule has 1 aliphatic rings. The van der Waals surface area contributed by atoms with Gasteiger partial charge in [0.2, 0.25) is 0 Å². The van der Waals surface area contributed by atoms with Crippen LogP contribution < -0.4 is 15.5 Å². The second kappa shape index (κ2) is 9.32. The molecule has 13 heteroatoms. The van der Waals surface area contributed by atoms with Crippen LogP contribution in [0.4, 0.5) is 29.3 Å². The fourth-order valence-electron chi connectivity index (χ4n) is 3.78. The van der Waals surface area contributed by atoms with Crippen molar-refractivity contribution in [3.05, 3.63) is 84.2 Å². The molecule has 2 heterocycles. The van der Waals surface area contributed by atoms with Crippen molar-refractivity contribution >= 4 is 39.1 Å². The van der Waals surface area contributed by atoms with Crippen molar-refractivity contribution in [3.63, 3.8) is 0 Å². The summed E-state index contributed by atoms with van der Waals surface area (Å²) in [6.07, 6.45) is 1.36. The van der Waals surface area contributed by atoms with Crippen molar-refractivity contribution in [3.8, 4) is 0 Å². The Morgan fingerprint density at radius 3 is 2.32 bits per heavy atom. The normalized spacial score (nSPS) is 18.0. The quantitative estimate of drug-likeness (QED) is 0.467. The number of rotatable bonds is 6. The van der Waals surface area contributed by atoms with E-state index in [4.69, 9.17) is 0 Å². The molecule has 1 aliphatic heterocycles. The minimum atomic E-state index is -5.58. The monoisotopic (exact) mass is 532 g/mol. The number of imide groups is 1. The molecule has 1 aromatic heterocycles.